The van der Waals surface area contributed by atoms with Gasteiger partial charge in [-0.1, -0.05) is 11.8 Å². The van der Waals surface area contributed by atoms with Crippen LogP contribution < -0.4 is 5.73 Å². The van der Waals surface area contributed by atoms with Gasteiger partial charge in [-0.25, -0.2) is 15.0 Å². The Morgan fingerprint density at radius 1 is 1.10 bits per heavy atom. The first-order valence-electron chi connectivity index (χ1n) is 6.79. The molecular weight excluding hydrogens is 282 g/mol. The highest BCUT2D eigenvalue weighted by atomic mass is 32.2. The van der Waals surface area contributed by atoms with E-state index in [4.69, 9.17) is 5.73 Å². The molecule has 3 aromatic rings. The highest BCUT2D eigenvalue weighted by Gasteiger charge is 2.05. The molecule has 0 saturated heterocycles. The van der Waals surface area contributed by atoms with Gasteiger partial charge in [-0.2, -0.15) is 0 Å². The lowest BCUT2D eigenvalue weighted by Crippen LogP contribution is -1.96. The molecule has 0 spiro atoms. The van der Waals surface area contributed by atoms with Gasteiger partial charge < -0.3 is 10.7 Å². The van der Waals surface area contributed by atoms with Crippen molar-refractivity contribution < 1.29 is 0 Å². The van der Waals surface area contributed by atoms with E-state index in [-0.39, 0.29) is 0 Å². The van der Waals surface area contributed by atoms with Crippen molar-refractivity contribution in [3.8, 4) is 0 Å². The third kappa shape index (κ3) is 3.33. The molecule has 5 nitrogen and oxygen atoms in total. The third-order valence-corrected chi connectivity index (χ3v) is 3.94. The standard InChI is InChI=1S/C15H17N5S/c1-9-7-10(2)18-15(17-9)21-6-5-14-19-12-4-3-11(16)8-13(12)20-14/h3-4,7-8H,5-6,16H2,1-2H3,(H,19,20). The second kappa shape index (κ2) is 5.73. The first-order chi connectivity index (χ1) is 10.1. The van der Waals surface area contributed by atoms with Crippen LogP contribution in [0.4, 0.5) is 5.69 Å². The Bertz CT molecular complexity index is 761. The van der Waals surface area contributed by atoms with Crippen molar-refractivity contribution >= 4 is 28.5 Å². The molecule has 0 aliphatic rings. The van der Waals surface area contributed by atoms with Crippen molar-refractivity contribution in [3.05, 3.63) is 41.5 Å². The number of aromatic nitrogens is 4. The maximum atomic E-state index is 5.77. The van der Waals surface area contributed by atoms with E-state index in [1.165, 1.54) is 0 Å². The fraction of sp³-hybridized carbons (Fsp3) is 0.267. The van der Waals surface area contributed by atoms with Gasteiger partial charge in [-0.3, -0.25) is 0 Å². The number of aromatic amines is 1. The SMILES string of the molecule is Cc1cc(C)nc(SCCc2nc3ccc(N)cc3[nH]2)n1. The van der Waals surface area contributed by atoms with Crippen LogP contribution in [0.2, 0.25) is 0 Å². The Labute approximate surface area is 127 Å². The van der Waals surface area contributed by atoms with Crippen molar-refractivity contribution in [1.82, 2.24) is 19.9 Å². The number of hydrogen-bond donors (Lipinski definition) is 2. The number of imidazole rings is 1. The molecule has 6 heteroatoms. The summed E-state index contributed by atoms with van der Waals surface area (Å²) in [6.07, 6.45) is 0.843. The lowest BCUT2D eigenvalue weighted by Gasteiger charge is -2.01. The summed E-state index contributed by atoms with van der Waals surface area (Å²) >= 11 is 1.65. The fourth-order valence-electron chi connectivity index (χ4n) is 2.20. The molecule has 0 aliphatic carbocycles. The van der Waals surface area contributed by atoms with Crippen molar-refractivity contribution in [2.75, 3.05) is 11.5 Å². The third-order valence-electron chi connectivity index (χ3n) is 3.09. The zero-order chi connectivity index (χ0) is 14.8. The highest BCUT2D eigenvalue weighted by molar-refractivity contribution is 7.99. The van der Waals surface area contributed by atoms with Crippen LogP contribution in [0.25, 0.3) is 11.0 Å². The van der Waals surface area contributed by atoms with Gasteiger partial charge >= 0.3 is 0 Å². The average Bonchev–Trinajstić information content (AvgIpc) is 2.79. The Hall–Kier alpha value is -2.08. The van der Waals surface area contributed by atoms with Gasteiger partial charge in [0.1, 0.15) is 5.82 Å². The van der Waals surface area contributed by atoms with Crippen LogP contribution in [0, 0.1) is 13.8 Å². The second-order valence-corrected chi connectivity index (χ2v) is 6.05. The maximum Gasteiger partial charge on any atom is 0.187 e. The van der Waals surface area contributed by atoms with Gasteiger partial charge in [-0.05, 0) is 38.1 Å². The van der Waals surface area contributed by atoms with Crippen LogP contribution in [0.3, 0.4) is 0 Å². The van der Waals surface area contributed by atoms with Crippen LogP contribution in [0.1, 0.15) is 17.2 Å². The molecule has 0 aliphatic heterocycles. The van der Waals surface area contributed by atoms with E-state index in [9.17, 15) is 0 Å². The number of nitrogen functional groups attached to an aromatic ring is 1. The second-order valence-electron chi connectivity index (χ2n) is 4.99. The summed E-state index contributed by atoms with van der Waals surface area (Å²) in [5, 5.41) is 0.827. The molecule has 0 atom stereocenters. The molecule has 21 heavy (non-hydrogen) atoms. The molecule has 0 amide bonds. The van der Waals surface area contributed by atoms with E-state index in [1.54, 1.807) is 11.8 Å². The maximum absolute atomic E-state index is 5.77. The van der Waals surface area contributed by atoms with Gasteiger partial charge in [0.05, 0.1) is 11.0 Å². The minimum absolute atomic E-state index is 0.746. The molecule has 0 radical (unpaired) electrons. The van der Waals surface area contributed by atoms with E-state index in [0.717, 1.165) is 51.3 Å². The molecule has 2 aromatic heterocycles. The number of fused-ring (bicyclic) bond motifs is 1. The summed E-state index contributed by atoms with van der Waals surface area (Å²) < 4.78 is 0. The summed E-state index contributed by atoms with van der Waals surface area (Å²) in [6.45, 7) is 3.98. The van der Waals surface area contributed by atoms with Crippen LogP contribution in [-0.2, 0) is 6.42 Å². The molecule has 3 N–H and O–H groups in total. The van der Waals surface area contributed by atoms with E-state index in [0.29, 0.717) is 0 Å². The summed E-state index contributed by atoms with van der Waals surface area (Å²) in [5.74, 6) is 1.85. The van der Waals surface area contributed by atoms with Crippen LogP contribution in [0.5, 0.6) is 0 Å². The molecule has 0 unspecified atom stereocenters. The number of aryl methyl sites for hydroxylation is 3. The summed E-state index contributed by atoms with van der Waals surface area (Å²) in [6, 6.07) is 7.69. The van der Waals surface area contributed by atoms with Gasteiger partial charge in [0.2, 0.25) is 0 Å². The molecule has 2 heterocycles. The smallest absolute Gasteiger partial charge is 0.187 e. The zero-order valence-electron chi connectivity index (χ0n) is 12.1. The first kappa shape index (κ1) is 13.9. The number of rotatable bonds is 4. The van der Waals surface area contributed by atoms with Gasteiger partial charge in [0.15, 0.2) is 5.16 Å². The van der Waals surface area contributed by atoms with Crippen LogP contribution in [-0.4, -0.2) is 25.7 Å². The van der Waals surface area contributed by atoms with Gasteiger partial charge in [0, 0.05) is 29.2 Å². The topological polar surface area (TPSA) is 80.5 Å². The molecule has 0 saturated carbocycles. The summed E-state index contributed by atoms with van der Waals surface area (Å²) in [4.78, 5) is 16.7. The fourth-order valence-corrected chi connectivity index (χ4v) is 3.09. The number of anilines is 1. The van der Waals surface area contributed by atoms with Crippen molar-refractivity contribution in [2.45, 2.75) is 25.4 Å². The molecule has 108 valence electrons. The lowest BCUT2D eigenvalue weighted by atomic mass is 10.3. The Kier molecular flexibility index (Phi) is 3.79. The Morgan fingerprint density at radius 2 is 1.86 bits per heavy atom. The normalized spacial score (nSPS) is 11.1. The molecule has 0 bridgehead atoms. The Morgan fingerprint density at radius 3 is 2.62 bits per heavy atom. The minimum atomic E-state index is 0.746. The molecule has 3 rings (SSSR count). The average molecular weight is 299 g/mol. The number of benzene rings is 1. The van der Waals surface area contributed by atoms with E-state index < -0.39 is 0 Å². The minimum Gasteiger partial charge on any atom is -0.399 e. The van der Waals surface area contributed by atoms with Gasteiger partial charge in [-0.15, -0.1) is 0 Å². The number of H-pyrrole nitrogens is 1. The predicted octanol–water partition coefficient (Wildman–Crippen LogP) is 2.89. The monoisotopic (exact) mass is 299 g/mol. The summed E-state index contributed by atoms with van der Waals surface area (Å²) in [5.41, 5.74) is 10.5. The van der Waals surface area contributed by atoms with E-state index in [2.05, 4.69) is 19.9 Å². The predicted molar refractivity (Wildman–Crippen MR) is 86.4 cm³/mol. The molecule has 1 aromatic carbocycles. The van der Waals surface area contributed by atoms with Crippen molar-refractivity contribution in [1.29, 1.82) is 0 Å². The number of nitrogens with two attached hydrogens (primary N) is 1. The molecule has 0 fully saturated rings. The first-order valence-corrected chi connectivity index (χ1v) is 7.78. The number of hydrogen-bond acceptors (Lipinski definition) is 5. The Balaban J connectivity index is 1.66. The summed E-state index contributed by atoms with van der Waals surface area (Å²) in [7, 11) is 0. The quantitative estimate of drug-likeness (QED) is 0.440. The zero-order valence-corrected chi connectivity index (χ0v) is 12.9. The van der Waals surface area contributed by atoms with Crippen LogP contribution >= 0.6 is 11.8 Å². The number of nitrogens with zero attached hydrogens (tertiary/aromatic N) is 3. The molecular formula is C15H17N5S. The van der Waals surface area contributed by atoms with Crippen LogP contribution in [0.15, 0.2) is 29.4 Å². The number of thioether (sulfide) groups is 1. The van der Waals surface area contributed by atoms with E-state index >= 15 is 0 Å². The van der Waals surface area contributed by atoms with Gasteiger partial charge in [0.25, 0.3) is 0 Å². The highest BCUT2D eigenvalue weighted by Crippen LogP contribution is 2.18. The van der Waals surface area contributed by atoms with Crippen molar-refractivity contribution in [3.63, 3.8) is 0 Å². The number of nitrogens with one attached hydrogen (secondary N) is 1. The van der Waals surface area contributed by atoms with Crippen molar-refractivity contribution in [2.24, 2.45) is 0 Å². The lowest BCUT2D eigenvalue weighted by molar-refractivity contribution is 0.898. The largest absolute Gasteiger partial charge is 0.399 e. The van der Waals surface area contributed by atoms with E-state index in [1.807, 2.05) is 38.1 Å².